The molecule has 6 nitrogen and oxygen atoms in total. The predicted molar refractivity (Wildman–Crippen MR) is 90.4 cm³/mol. The van der Waals surface area contributed by atoms with E-state index >= 15 is 0 Å². The molecule has 0 saturated heterocycles. The average molecular weight is 398 g/mol. The second-order valence-corrected chi connectivity index (χ2v) is 5.42. The van der Waals surface area contributed by atoms with Crippen LogP contribution in [0.25, 0.3) is 11.4 Å². The quantitative estimate of drug-likeness (QED) is 0.473. The minimum Gasteiger partial charge on any atom is -0.369 e. The van der Waals surface area contributed by atoms with E-state index in [4.69, 9.17) is 0 Å². The molecule has 0 unspecified atom stereocenters. The van der Waals surface area contributed by atoms with Gasteiger partial charge < -0.3 is 5.32 Å². The first-order valence-electron chi connectivity index (χ1n) is 6.61. The summed E-state index contributed by atoms with van der Waals surface area (Å²) in [7, 11) is 0. The van der Waals surface area contributed by atoms with Crippen molar-refractivity contribution in [3.8, 4) is 11.4 Å². The van der Waals surface area contributed by atoms with Gasteiger partial charge in [0.2, 0.25) is 0 Å². The van der Waals surface area contributed by atoms with E-state index in [1.807, 2.05) is 13.8 Å². The van der Waals surface area contributed by atoms with Crippen molar-refractivity contribution in [2.24, 2.45) is 0 Å². The molecule has 0 atom stereocenters. The van der Waals surface area contributed by atoms with Crippen LogP contribution in [0.1, 0.15) is 19.5 Å². The second kappa shape index (κ2) is 6.79. The van der Waals surface area contributed by atoms with E-state index in [0.717, 1.165) is 33.6 Å². The topological polar surface area (TPSA) is 81.0 Å². The molecule has 110 valence electrons. The fraction of sp³-hybridized carbons (Fsp3) is 0.286. The molecule has 0 aliphatic rings. The second-order valence-electron chi connectivity index (χ2n) is 4.34. The Morgan fingerprint density at radius 2 is 1.90 bits per heavy atom. The molecule has 0 fully saturated rings. The molecule has 0 amide bonds. The number of benzene rings is 1. The molecule has 0 radical (unpaired) electrons. The summed E-state index contributed by atoms with van der Waals surface area (Å²) in [5.74, 6) is 1.39. The zero-order valence-electron chi connectivity index (χ0n) is 11.8. The Morgan fingerprint density at radius 3 is 2.43 bits per heavy atom. The van der Waals surface area contributed by atoms with E-state index in [0.29, 0.717) is 5.82 Å². The Labute approximate surface area is 136 Å². The molecule has 2 aromatic rings. The van der Waals surface area contributed by atoms with Gasteiger partial charge in [0.25, 0.3) is 5.69 Å². The fourth-order valence-corrected chi connectivity index (χ4v) is 2.69. The minimum atomic E-state index is -0.417. The Morgan fingerprint density at radius 1 is 1.24 bits per heavy atom. The first-order valence-corrected chi connectivity index (χ1v) is 7.69. The predicted octanol–water partition coefficient (Wildman–Crippen LogP) is 3.65. The number of hydrogen-bond acceptors (Lipinski definition) is 5. The van der Waals surface area contributed by atoms with Crippen molar-refractivity contribution < 1.29 is 4.92 Å². The van der Waals surface area contributed by atoms with Crippen LogP contribution >= 0.6 is 22.6 Å². The molecule has 21 heavy (non-hydrogen) atoms. The highest BCUT2D eigenvalue weighted by Crippen LogP contribution is 2.25. The van der Waals surface area contributed by atoms with Crippen LogP contribution in [0.15, 0.2) is 24.3 Å². The van der Waals surface area contributed by atoms with E-state index < -0.39 is 4.92 Å². The lowest BCUT2D eigenvalue weighted by atomic mass is 10.2. The highest BCUT2D eigenvalue weighted by molar-refractivity contribution is 14.1. The number of nitrogens with one attached hydrogen (secondary N) is 1. The van der Waals surface area contributed by atoms with Crippen molar-refractivity contribution in [1.82, 2.24) is 9.97 Å². The van der Waals surface area contributed by atoms with Crippen molar-refractivity contribution >= 4 is 34.1 Å². The Hall–Kier alpha value is -1.77. The van der Waals surface area contributed by atoms with Crippen molar-refractivity contribution in [3.63, 3.8) is 0 Å². The number of hydrogen-bond donors (Lipinski definition) is 1. The minimum absolute atomic E-state index is 0.0619. The Balaban J connectivity index is 2.47. The molecule has 1 aromatic carbocycles. The van der Waals surface area contributed by atoms with E-state index in [-0.39, 0.29) is 5.69 Å². The summed E-state index contributed by atoms with van der Waals surface area (Å²) in [6.07, 6.45) is 0.805. The number of aryl methyl sites for hydroxylation is 1. The number of rotatable bonds is 5. The van der Waals surface area contributed by atoms with Crippen molar-refractivity contribution in [2.45, 2.75) is 20.3 Å². The third kappa shape index (κ3) is 3.46. The van der Waals surface area contributed by atoms with Gasteiger partial charge >= 0.3 is 0 Å². The summed E-state index contributed by atoms with van der Waals surface area (Å²) in [5, 5.41) is 13.9. The molecule has 1 aromatic heterocycles. The van der Waals surface area contributed by atoms with Gasteiger partial charge in [0, 0.05) is 24.2 Å². The number of anilines is 1. The molecular formula is C14H15IN4O2. The van der Waals surface area contributed by atoms with E-state index in [2.05, 4.69) is 37.9 Å². The maximum absolute atomic E-state index is 10.7. The van der Waals surface area contributed by atoms with Crippen molar-refractivity contribution in [1.29, 1.82) is 0 Å². The van der Waals surface area contributed by atoms with E-state index in [1.54, 1.807) is 12.1 Å². The summed E-state index contributed by atoms with van der Waals surface area (Å²) >= 11 is 2.24. The maximum Gasteiger partial charge on any atom is 0.269 e. The Bertz CT molecular complexity index is 659. The first kappa shape index (κ1) is 15.6. The lowest BCUT2D eigenvalue weighted by Gasteiger charge is -2.11. The van der Waals surface area contributed by atoms with Crippen LogP contribution in [0, 0.1) is 13.7 Å². The first-order chi connectivity index (χ1) is 10.1. The lowest BCUT2D eigenvalue weighted by Crippen LogP contribution is -2.07. The lowest BCUT2D eigenvalue weighted by molar-refractivity contribution is -0.384. The van der Waals surface area contributed by atoms with Gasteiger partial charge in [-0.1, -0.05) is 6.92 Å². The van der Waals surface area contributed by atoms with Gasteiger partial charge in [0.15, 0.2) is 5.82 Å². The molecule has 2 rings (SSSR count). The van der Waals surface area contributed by atoms with Crippen LogP contribution in [0.5, 0.6) is 0 Å². The highest BCUT2D eigenvalue weighted by Gasteiger charge is 2.13. The number of non-ortho nitro benzene ring substituents is 1. The molecule has 0 aliphatic carbocycles. The smallest absolute Gasteiger partial charge is 0.269 e. The highest BCUT2D eigenvalue weighted by atomic mass is 127. The van der Waals surface area contributed by atoms with E-state index in [1.165, 1.54) is 12.1 Å². The van der Waals surface area contributed by atoms with Gasteiger partial charge in [0.05, 0.1) is 14.2 Å². The van der Waals surface area contributed by atoms with Crippen molar-refractivity contribution in [2.75, 3.05) is 11.9 Å². The zero-order valence-corrected chi connectivity index (χ0v) is 13.9. The van der Waals surface area contributed by atoms with Gasteiger partial charge in [-0.25, -0.2) is 9.97 Å². The summed E-state index contributed by atoms with van der Waals surface area (Å²) in [6.45, 7) is 4.82. The molecule has 0 aliphatic heterocycles. The fourth-order valence-electron chi connectivity index (χ4n) is 1.87. The number of nitro benzene ring substituents is 1. The third-order valence-electron chi connectivity index (χ3n) is 2.94. The molecule has 0 bridgehead atoms. The number of nitrogens with zero attached hydrogens (tertiary/aromatic N) is 3. The zero-order chi connectivity index (χ0) is 15.4. The third-order valence-corrected chi connectivity index (χ3v) is 4.07. The number of halogens is 1. The van der Waals surface area contributed by atoms with E-state index in [9.17, 15) is 10.1 Å². The Kier molecular flexibility index (Phi) is 5.05. The van der Waals surface area contributed by atoms with Crippen molar-refractivity contribution in [3.05, 3.63) is 43.6 Å². The monoisotopic (exact) mass is 398 g/mol. The largest absolute Gasteiger partial charge is 0.369 e. The van der Waals surface area contributed by atoms with Gasteiger partial charge in [-0.2, -0.15) is 0 Å². The molecule has 0 spiro atoms. The van der Waals surface area contributed by atoms with Crippen LogP contribution in [0.3, 0.4) is 0 Å². The van der Waals surface area contributed by atoms with Crippen LogP contribution in [0.4, 0.5) is 11.5 Å². The maximum atomic E-state index is 10.7. The number of nitro groups is 1. The molecule has 7 heteroatoms. The van der Waals surface area contributed by atoms with Gasteiger partial charge in [-0.3, -0.25) is 10.1 Å². The summed E-state index contributed by atoms with van der Waals surface area (Å²) in [4.78, 5) is 19.3. The molecule has 1 heterocycles. The van der Waals surface area contributed by atoms with Crippen LogP contribution < -0.4 is 5.32 Å². The van der Waals surface area contributed by atoms with Gasteiger partial charge in [-0.15, -0.1) is 0 Å². The van der Waals surface area contributed by atoms with Crippen LogP contribution in [-0.2, 0) is 6.42 Å². The SMILES string of the molecule is CCNc1nc(-c2ccc([N+](=O)[O-])cc2)nc(CC)c1I. The molecular weight excluding hydrogens is 383 g/mol. The summed E-state index contributed by atoms with van der Waals surface area (Å²) in [6, 6.07) is 6.29. The van der Waals surface area contributed by atoms with Gasteiger partial charge in [-0.05, 0) is 48.1 Å². The summed E-state index contributed by atoms with van der Waals surface area (Å²) < 4.78 is 1.02. The molecule has 0 saturated carbocycles. The van der Waals surface area contributed by atoms with Crippen LogP contribution in [0.2, 0.25) is 0 Å². The molecule has 1 N–H and O–H groups in total. The summed E-state index contributed by atoms with van der Waals surface area (Å²) in [5.41, 5.74) is 1.80. The average Bonchev–Trinajstić information content (AvgIpc) is 2.49. The normalized spacial score (nSPS) is 10.4. The van der Waals surface area contributed by atoms with Gasteiger partial charge in [0.1, 0.15) is 5.82 Å². The number of aromatic nitrogens is 2. The van der Waals surface area contributed by atoms with Crippen LogP contribution in [-0.4, -0.2) is 21.4 Å². The standard InChI is InChI=1S/C14H15IN4O2/c1-3-11-12(15)14(16-4-2)18-13(17-11)9-5-7-10(8-6-9)19(20)21/h5-8H,3-4H2,1-2H3,(H,16,17,18).